The van der Waals surface area contributed by atoms with E-state index in [0.29, 0.717) is 30.0 Å². The van der Waals surface area contributed by atoms with Crippen LogP contribution < -0.4 is 0 Å². The number of likely N-dealkylation sites (tertiary alicyclic amines) is 1. The van der Waals surface area contributed by atoms with E-state index in [1.165, 1.54) is 21.9 Å². The first-order chi connectivity index (χ1) is 11.3. The molecule has 1 aromatic carbocycles. The van der Waals surface area contributed by atoms with Crippen LogP contribution in [-0.2, 0) is 9.59 Å². The molecule has 0 aliphatic carbocycles. The van der Waals surface area contributed by atoms with Gasteiger partial charge < -0.3 is 14.9 Å². The van der Waals surface area contributed by atoms with E-state index in [4.69, 9.17) is 28.3 Å². The van der Waals surface area contributed by atoms with E-state index >= 15 is 0 Å². The van der Waals surface area contributed by atoms with Crippen LogP contribution in [0.3, 0.4) is 0 Å². The maximum absolute atomic E-state index is 12.7. The van der Waals surface area contributed by atoms with Crippen LogP contribution in [-0.4, -0.2) is 58.4 Å². The summed E-state index contributed by atoms with van der Waals surface area (Å²) in [5, 5.41) is 9.53. The van der Waals surface area contributed by atoms with Crippen molar-refractivity contribution in [1.29, 1.82) is 0 Å². The van der Waals surface area contributed by atoms with Crippen LogP contribution in [0.4, 0.5) is 0 Å². The molecule has 1 aromatic rings. The SMILES string of the molecule is CCN(CC(=O)O)C(=O)C1CCCN1C(=O)c1ccc(Cl)c(Cl)c1. The summed E-state index contributed by atoms with van der Waals surface area (Å²) in [4.78, 5) is 38.9. The first-order valence-electron chi connectivity index (χ1n) is 7.61. The molecule has 6 nitrogen and oxygen atoms in total. The van der Waals surface area contributed by atoms with Crippen LogP contribution in [0.15, 0.2) is 18.2 Å². The maximum atomic E-state index is 12.7. The van der Waals surface area contributed by atoms with Crippen LogP contribution >= 0.6 is 23.2 Å². The minimum atomic E-state index is -1.08. The number of halogens is 2. The number of rotatable bonds is 5. The predicted molar refractivity (Wildman–Crippen MR) is 90.4 cm³/mol. The summed E-state index contributed by atoms with van der Waals surface area (Å²) in [6, 6.07) is 3.92. The Labute approximate surface area is 149 Å². The van der Waals surface area contributed by atoms with Crippen LogP contribution in [0.1, 0.15) is 30.1 Å². The zero-order valence-corrected chi connectivity index (χ0v) is 14.7. The van der Waals surface area contributed by atoms with Gasteiger partial charge in [-0.2, -0.15) is 0 Å². The Kier molecular flexibility index (Phi) is 6.07. The van der Waals surface area contributed by atoms with Crippen LogP contribution in [0.2, 0.25) is 10.0 Å². The third kappa shape index (κ3) is 3.99. The number of hydrogen-bond donors (Lipinski definition) is 1. The molecule has 1 heterocycles. The van der Waals surface area contributed by atoms with E-state index in [9.17, 15) is 14.4 Å². The fourth-order valence-corrected chi connectivity index (χ4v) is 3.08. The lowest BCUT2D eigenvalue weighted by molar-refractivity contribution is -0.146. The van der Waals surface area contributed by atoms with E-state index in [1.54, 1.807) is 13.0 Å². The topological polar surface area (TPSA) is 77.9 Å². The number of benzene rings is 1. The van der Waals surface area contributed by atoms with Crippen molar-refractivity contribution >= 4 is 41.0 Å². The van der Waals surface area contributed by atoms with Gasteiger partial charge >= 0.3 is 5.97 Å². The molecule has 0 saturated carbocycles. The second kappa shape index (κ2) is 7.85. The zero-order chi connectivity index (χ0) is 17.9. The Balaban J connectivity index is 2.19. The molecule has 1 unspecified atom stereocenters. The van der Waals surface area contributed by atoms with Gasteiger partial charge in [-0.25, -0.2) is 0 Å². The summed E-state index contributed by atoms with van der Waals surface area (Å²) in [5.41, 5.74) is 0.352. The Morgan fingerprint density at radius 3 is 2.58 bits per heavy atom. The highest BCUT2D eigenvalue weighted by Gasteiger charge is 2.37. The lowest BCUT2D eigenvalue weighted by Gasteiger charge is -2.29. The Hall–Kier alpha value is -1.79. The van der Waals surface area contributed by atoms with Crippen LogP contribution in [0, 0.1) is 0 Å². The van der Waals surface area contributed by atoms with Crippen molar-refractivity contribution in [2.24, 2.45) is 0 Å². The molecule has 1 aliphatic rings. The van der Waals surface area contributed by atoms with Crippen LogP contribution in [0.5, 0.6) is 0 Å². The number of amides is 2. The van der Waals surface area contributed by atoms with Crippen molar-refractivity contribution in [3.63, 3.8) is 0 Å². The van der Waals surface area contributed by atoms with Crippen molar-refractivity contribution < 1.29 is 19.5 Å². The quantitative estimate of drug-likeness (QED) is 0.861. The van der Waals surface area contributed by atoms with Gasteiger partial charge in [0.25, 0.3) is 5.91 Å². The molecular formula is C16H18Cl2N2O4. The number of hydrogen-bond acceptors (Lipinski definition) is 3. The number of carbonyl (C=O) groups excluding carboxylic acids is 2. The summed E-state index contributed by atoms with van der Waals surface area (Å²) in [7, 11) is 0. The van der Waals surface area contributed by atoms with Gasteiger partial charge in [0.2, 0.25) is 5.91 Å². The lowest BCUT2D eigenvalue weighted by atomic mass is 10.1. The Bertz CT molecular complexity index is 665. The lowest BCUT2D eigenvalue weighted by Crippen LogP contribution is -2.49. The molecule has 1 fully saturated rings. The fraction of sp³-hybridized carbons (Fsp3) is 0.438. The number of carboxylic acid groups (broad SMARTS) is 1. The number of carboxylic acids is 1. The zero-order valence-electron chi connectivity index (χ0n) is 13.2. The van der Waals surface area contributed by atoms with Crippen LogP contribution in [0.25, 0.3) is 0 Å². The van der Waals surface area contributed by atoms with Gasteiger partial charge in [0.05, 0.1) is 10.0 Å². The minimum Gasteiger partial charge on any atom is -0.480 e. The van der Waals surface area contributed by atoms with E-state index in [2.05, 4.69) is 0 Å². The molecule has 0 radical (unpaired) electrons. The summed E-state index contributed by atoms with van der Waals surface area (Å²) >= 11 is 11.8. The van der Waals surface area contributed by atoms with Crippen molar-refractivity contribution in [2.45, 2.75) is 25.8 Å². The molecule has 1 saturated heterocycles. The molecule has 2 amide bonds. The van der Waals surface area contributed by atoms with Crippen molar-refractivity contribution in [3.8, 4) is 0 Å². The van der Waals surface area contributed by atoms with E-state index < -0.39 is 12.0 Å². The monoisotopic (exact) mass is 372 g/mol. The molecule has 24 heavy (non-hydrogen) atoms. The second-order valence-electron chi connectivity index (χ2n) is 5.53. The highest BCUT2D eigenvalue weighted by atomic mass is 35.5. The normalized spacial score (nSPS) is 17.0. The number of aliphatic carboxylic acids is 1. The number of likely N-dealkylation sites (N-methyl/N-ethyl adjacent to an activating group) is 1. The predicted octanol–water partition coefficient (Wildman–Crippen LogP) is 2.53. The van der Waals surface area contributed by atoms with Gasteiger partial charge in [-0.05, 0) is 38.0 Å². The van der Waals surface area contributed by atoms with E-state index in [1.807, 2.05) is 0 Å². The number of carbonyl (C=O) groups is 3. The third-order valence-corrected chi connectivity index (χ3v) is 4.72. The summed E-state index contributed by atoms with van der Waals surface area (Å²) in [6.45, 7) is 2.05. The minimum absolute atomic E-state index is 0.269. The standard InChI is InChI=1S/C16H18Cl2N2O4/c1-2-19(9-14(21)22)16(24)13-4-3-7-20(13)15(23)10-5-6-11(17)12(18)8-10/h5-6,8,13H,2-4,7,9H2,1H3,(H,21,22). The Morgan fingerprint density at radius 1 is 1.29 bits per heavy atom. The second-order valence-corrected chi connectivity index (χ2v) is 6.35. The average molecular weight is 373 g/mol. The highest BCUT2D eigenvalue weighted by molar-refractivity contribution is 6.42. The first-order valence-corrected chi connectivity index (χ1v) is 8.37. The molecule has 0 bridgehead atoms. The third-order valence-electron chi connectivity index (χ3n) is 3.98. The molecule has 0 spiro atoms. The van der Waals surface area contributed by atoms with Gasteiger partial charge in [0.1, 0.15) is 12.6 Å². The first kappa shape index (κ1) is 18.5. The van der Waals surface area contributed by atoms with E-state index in [-0.39, 0.29) is 29.9 Å². The summed E-state index contributed by atoms with van der Waals surface area (Å²) in [6.07, 6.45) is 1.20. The fourth-order valence-electron chi connectivity index (χ4n) is 2.78. The largest absolute Gasteiger partial charge is 0.480 e. The van der Waals surface area contributed by atoms with Crippen molar-refractivity contribution in [3.05, 3.63) is 33.8 Å². The summed E-state index contributed by atoms with van der Waals surface area (Å²) < 4.78 is 0. The maximum Gasteiger partial charge on any atom is 0.323 e. The molecular weight excluding hydrogens is 355 g/mol. The highest BCUT2D eigenvalue weighted by Crippen LogP contribution is 2.26. The molecule has 0 aromatic heterocycles. The molecule has 1 aliphatic heterocycles. The average Bonchev–Trinajstić information content (AvgIpc) is 3.03. The molecule has 2 rings (SSSR count). The molecule has 1 atom stereocenters. The van der Waals surface area contributed by atoms with Gasteiger partial charge in [0.15, 0.2) is 0 Å². The Morgan fingerprint density at radius 2 is 2.00 bits per heavy atom. The van der Waals surface area contributed by atoms with Gasteiger partial charge in [-0.1, -0.05) is 23.2 Å². The molecule has 1 N–H and O–H groups in total. The number of nitrogens with zero attached hydrogens (tertiary/aromatic N) is 2. The van der Waals surface area contributed by atoms with E-state index in [0.717, 1.165) is 0 Å². The van der Waals surface area contributed by atoms with Crippen molar-refractivity contribution in [2.75, 3.05) is 19.6 Å². The molecule has 130 valence electrons. The van der Waals surface area contributed by atoms with Gasteiger partial charge in [-0.15, -0.1) is 0 Å². The van der Waals surface area contributed by atoms with Gasteiger partial charge in [-0.3, -0.25) is 14.4 Å². The smallest absolute Gasteiger partial charge is 0.323 e. The molecule has 8 heteroatoms. The van der Waals surface area contributed by atoms with Crippen molar-refractivity contribution in [1.82, 2.24) is 9.80 Å². The summed E-state index contributed by atoms with van der Waals surface area (Å²) in [5.74, 6) is -1.73. The van der Waals surface area contributed by atoms with Gasteiger partial charge in [0, 0.05) is 18.7 Å².